The van der Waals surface area contributed by atoms with Gasteiger partial charge in [-0.05, 0) is 50.0 Å². The highest BCUT2D eigenvalue weighted by Crippen LogP contribution is 2.41. The van der Waals surface area contributed by atoms with Crippen molar-refractivity contribution in [2.45, 2.75) is 70.9 Å². The Morgan fingerprint density at radius 1 is 1.21 bits per heavy atom. The van der Waals surface area contributed by atoms with Crippen molar-refractivity contribution in [2.75, 3.05) is 0 Å². The Labute approximate surface area is 116 Å². The van der Waals surface area contributed by atoms with E-state index in [1.807, 2.05) is 12.3 Å². The van der Waals surface area contributed by atoms with Crippen LogP contribution < -0.4 is 5.32 Å². The average Bonchev–Trinajstić information content (AvgIpc) is 3.21. The normalized spacial score (nSPS) is 23.5. The van der Waals surface area contributed by atoms with Crippen LogP contribution in [0.25, 0.3) is 0 Å². The minimum Gasteiger partial charge on any atom is -0.308 e. The summed E-state index contributed by atoms with van der Waals surface area (Å²) in [6.45, 7) is 5.65. The van der Waals surface area contributed by atoms with Gasteiger partial charge in [0, 0.05) is 24.7 Å². The highest BCUT2D eigenvalue weighted by Gasteiger charge is 2.29. The van der Waals surface area contributed by atoms with E-state index in [-0.39, 0.29) is 0 Å². The van der Waals surface area contributed by atoms with Gasteiger partial charge in [0.05, 0.1) is 5.69 Å². The average molecular weight is 259 g/mol. The van der Waals surface area contributed by atoms with Crippen molar-refractivity contribution < 1.29 is 0 Å². The minimum absolute atomic E-state index is 0.516. The van der Waals surface area contributed by atoms with Crippen molar-refractivity contribution in [3.63, 3.8) is 0 Å². The fraction of sp³-hybridized carbons (Fsp3) is 0.750. The van der Waals surface area contributed by atoms with Crippen LogP contribution in [0.3, 0.4) is 0 Å². The molecule has 1 aromatic heterocycles. The molecule has 1 N–H and O–H groups in total. The van der Waals surface area contributed by atoms with Crippen LogP contribution in [-0.2, 0) is 6.54 Å². The van der Waals surface area contributed by atoms with Crippen LogP contribution in [0.15, 0.2) is 12.3 Å². The van der Waals surface area contributed by atoms with Crippen molar-refractivity contribution in [3.8, 4) is 0 Å². The lowest BCUT2D eigenvalue weighted by Crippen LogP contribution is -2.22. The van der Waals surface area contributed by atoms with Gasteiger partial charge in [0.1, 0.15) is 5.82 Å². The summed E-state index contributed by atoms with van der Waals surface area (Å²) in [6, 6.07) is 2.79. The molecule has 0 spiro atoms. The Bertz CT molecular complexity index is 427. The zero-order valence-electron chi connectivity index (χ0n) is 12.2. The second kappa shape index (κ2) is 5.20. The zero-order chi connectivity index (χ0) is 13.3. The fourth-order valence-corrected chi connectivity index (χ4v) is 2.90. The van der Waals surface area contributed by atoms with Gasteiger partial charge in [0.2, 0.25) is 0 Å². The van der Waals surface area contributed by atoms with Gasteiger partial charge >= 0.3 is 0 Å². The van der Waals surface area contributed by atoms with Crippen LogP contribution in [0.2, 0.25) is 0 Å². The molecule has 2 aliphatic rings. The van der Waals surface area contributed by atoms with Crippen LogP contribution in [0.4, 0.5) is 0 Å². The lowest BCUT2D eigenvalue weighted by molar-refractivity contribution is 0.220. The van der Waals surface area contributed by atoms with Crippen molar-refractivity contribution in [2.24, 2.45) is 5.41 Å². The molecule has 0 saturated heterocycles. The standard InChI is InChI=1S/C16H25N3/c1-16(2)8-5-12(6-9-16)15-17-10-7-14(19-15)11-18-13-3-4-13/h7,10,12-13,18H,3-6,8-9,11H2,1-2H3. The van der Waals surface area contributed by atoms with E-state index in [1.165, 1.54) is 38.5 Å². The van der Waals surface area contributed by atoms with Crippen molar-refractivity contribution in [3.05, 3.63) is 23.8 Å². The molecule has 1 aromatic rings. The summed E-state index contributed by atoms with van der Waals surface area (Å²) in [6.07, 6.45) is 9.67. The summed E-state index contributed by atoms with van der Waals surface area (Å²) < 4.78 is 0. The molecule has 2 fully saturated rings. The summed E-state index contributed by atoms with van der Waals surface area (Å²) in [7, 11) is 0. The summed E-state index contributed by atoms with van der Waals surface area (Å²) in [5, 5.41) is 3.53. The molecule has 0 amide bonds. The van der Waals surface area contributed by atoms with E-state index in [0.717, 1.165) is 24.1 Å². The third kappa shape index (κ3) is 3.53. The zero-order valence-corrected chi connectivity index (χ0v) is 12.2. The van der Waals surface area contributed by atoms with Crippen molar-refractivity contribution >= 4 is 0 Å². The Morgan fingerprint density at radius 3 is 2.63 bits per heavy atom. The van der Waals surface area contributed by atoms with Crippen LogP contribution in [0, 0.1) is 5.41 Å². The quantitative estimate of drug-likeness (QED) is 0.900. The summed E-state index contributed by atoms with van der Waals surface area (Å²) in [5.41, 5.74) is 1.67. The largest absolute Gasteiger partial charge is 0.308 e. The van der Waals surface area contributed by atoms with Crippen LogP contribution in [0.5, 0.6) is 0 Å². The van der Waals surface area contributed by atoms with Crippen molar-refractivity contribution in [1.29, 1.82) is 0 Å². The predicted molar refractivity (Wildman–Crippen MR) is 76.9 cm³/mol. The topological polar surface area (TPSA) is 37.8 Å². The molecular weight excluding hydrogens is 234 g/mol. The van der Waals surface area contributed by atoms with E-state index in [1.54, 1.807) is 0 Å². The van der Waals surface area contributed by atoms with Gasteiger partial charge in [0.25, 0.3) is 0 Å². The molecule has 0 bridgehead atoms. The molecule has 0 unspecified atom stereocenters. The lowest BCUT2D eigenvalue weighted by atomic mass is 9.73. The molecule has 0 aromatic carbocycles. The molecule has 0 aliphatic heterocycles. The highest BCUT2D eigenvalue weighted by atomic mass is 15.0. The van der Waals surface area contributed by atoms with Gasteiger partial charge in [-0.3, -0.25) is 0 Å². The molecule has 3 rings (SSSR count). The van der Waals surface area contributed by atoms with Crippen LogP contribution >= 0.6 is 0 Å². The van der Waals surface area contributed by atoms with E-state index in [2.05, 4.69) is 24.1 Å². The van der Waals surface area contributed by atoms with E-state index < -0.39 is 0 Å². The molecule has 1 heterocycles. The monoisotopic (exact) mass is 259 g/mol. The van der Waals surface area contributed by atoms with E-state index in [4.69, 9.17) is 4.98 Å². The van der Waals surface area contributed by atoms with E-state index in [0.29, 0.717) is 11.3 Å². The second-order valence-corrected chi connectivity index (χ2v) is 7.00. The second-order valence-electron chi connectivity index (χ2n) is 7.00. The number of hydrogen-bond donors (Lipinski definition) is 1. The fourth-order valence-electron chi connectivity index (χ4n) is 2.90. The number of rotatable bonds is 4. The molecular formula is C16H25N3. The van der Waals surface area contributed by atoms with E-state index >= 15 is 0 Å². The first-order valence-corrected chi connectivity index (χ1v) is 7.68. The Hall–Kier alpha value is -0.960. The molecule has 104 valence electrons. The highest BCUT2D eigenvalue weighted by molar-refractivity contribution is 5.07. The van der Waals surface area contributed by atoms with Gasteiger partial charge < -0.3 is 5.32 Å². The van der Waals surface area contributed by atoms with Gasteiger partial charge in [-0.1, -0.05) is 13.8 Å². The Balaban J connectivity index is 1.62. The maximum atomic E-state index is 4.77. The number of aromatic nitrogens is 2. The smallest absolute Gasteiger partial charge is 0.131 e. The molecule has 0 atom stereocenters. The molecule has 2 saturated carbocycles. The van der Waals surface area contributed by atoms with Crippen LogP contribution in [0.1, 0.15) is 69.8 Å². The maximum Gasteiger partial charge on any atom is 0.131 e. The lowest BCUT2D eigenvalue weighted by Gasteiger charge is -2.33. The molecule has 3 heteroatoms. The van der Waals surface area contributed by atoms with Crippen LogP contribution in [-0.4, -0.2) is 16.0 Å². The number of nitrogens with zero attached hydrogens (tertiary/aromatic N) is 2. The van der Waals surface area contributed by atoms with Gasteiger partial charge in [-0.25, -0.2) is 9.97 Å². The maximum absolute atomic E-state index is 4.77. The van der Waals surface area contributed by atoms with Crippen molar-refractivity contribution in [1.82, 2.24) is 15.3 Å². The Morgan fingerprint density at radius 2 is 1.95 bits per heavy atom. The number of hydrogen-bond acceptors (Lipinski definition) is 3. The molecule has 2 aliphatic carbocycles. The summed E-state index contributed by atoms with van der Waals surface area (Å²) in [4.78, 5) is 9.28. The third-order valence-corrected chi connectivity index (χ3v) is 4.59. The summed E-state index contributed by atoms with van der Waals surface area (Å²) >= 11 is 0. The van der Waals surface area contributed by atoms with Gasteiger partial charge in [0.15, 0.2) is 0 Å². The van der Waals surface area contributed by atoms with Gasteiger partial charge in [-0.2, -0.15) is 0 Å². The Kier molecular flexibility index (Phi) is 3.57. The molecule has 0 radical (unpaired) electrons. The van der Waals surface area contributed by atoms with E-state index in [9.17, 15) is 0 Å². The third-order valence-electron chi connectivity index (χ3n) is 4.59. The predicted octanol–water partition coefficient (Wildman–Crippen LogP) is 3.41. The first kappa shape index (κ1) is 13.0. The SMILES string of the molecule is CC1(C)CCC(c2nccc(CNC3CC3)n2)CC1. The molecule has 19 heavy (non-hydrogen) atoms. The van der Waals surface area contributed by atoms with Gasteiger partial charge in [-0.15, -0.1) is 0 Å². The summed E-state index contributed by atoms with van der Waals surface area (Å²) in [5.74, 6) is 1.65. The molecule has 3 nitrogen and oxygen atoms in total. The first-order valence-electron chi connectivity index (χ1n) is 7.68. The first-order chi connectivity index (χ1) is 9.12. The minimum atomic E-state index is 0.516. The number of nitrogens with one attached hydrogen (secondary N) is 1.